The topological polar surface area (TPSA) is 420 Å². The van der Waals surface area contributed by atoms with Gasteiger partial charge in [-0.15, -0.1) is 23.5 Å². The van der Waals surface area contributed by atoms with Gasteiger partial charge in [0.15, 0.2) is 34.6 Å². The molecule has 6 N–H and O–H groups in total. The number of methoxy groups -OCH3 is 2. The van der Waals surface area contributed by atoms with Gasteiger partial charge >= 0.3 is 12.2 Å². The third kappa shape index (κ3) is 18.9. The molecule has 0 spiro atoms. The number of fused-ring (bicyclic) bond motifs is 6. The summed E-state index contributed by atoms with van der Waals surface area (Å²) in [6.45, 7) is 6.83. The Labute approximate surface area is 670 Å². The summed E-state index contributed by atoms with van der Waals surface area (Å²) in [6.07, 6.45) is -1.86. The van der Waals surface area contributed by atoms with E-state index in [4.69, 9.17) is 28.4 Å². The van der Waals surface area contributed by atoms with Gasteiger partial charge < -0.3 is 70.1 Å². The first-order valence-electron chi connectivity index (χ1n) is 38.3. The maximum atomic E-state index is 14.9. The Kier molecular flexibility index (Phi) is 26.4. The van der Waals surface area contributed by atoms with Crippen LogP contribution in [0, 0.1) is 11.8 Å². The largest absolute Gasteiger partial charge is 0.493 e. The number of hydrogen-bond donors (Lipinski definition) is 6. The minimum Gasteiger partial charge on any atom is -0.493 e. The van der Waals surface area contributed by atoms with Gasteiger partial charge in [0.25, 0.3) is 11.8 Å². The summed E-state index contributed by atoms with van der Waals surface area (Å²) in [4.78, 5) is 233. The number of ether oxygens (including phenoxy) is 6. The number of anilines is 4. The van der Waals surface area contributed by atoms with Crippen molar-refractivity contribution in [3.05, 3.63) is 95.1 Å². The van der Waals surface area contributed by atoms with Crippen LogP contribution in [0.2, 0.25) is 0 Å². The molecule has 34 nitrogen and oxygen atoms in total. The number of thioether (sulfide) groups is 2. The van der Waals surface area contributed by atoms with E-state index < -0.39 is 174 Å². The number of benzene rings is 4. The molecular weight excluding hydrogens is 1530 g/mol. The van der Waals surface area contributed by atoms with E-state index >= 15 is 0 Å². The molecule has 612 valence electrons. The molecule has 11 atom stereocenters. The van der Waals surface area contributed by atoms with Crippen LogP contribution in [0.25, 0.3) is 0 Å². The molecule has 0 aliphatic carbocycles. The molecular formula is C79H92N12O22S2. The number of imide groups is 2. The highest BCUT2D eigenvalue weighted by Gasteiger charge is 2.47. The molecule has 0 saturated carbocycles. The molecule has 5 saturated heterocycles. The Balaban J connectivity index is 0.814. The van der Waals surface area contributed by atoms with Gasteiger partial charge in [-0.1, -0.05) is 38.1 Å². The number of carbonyl (C=O) groups is 16. The van der Waals surface area contributed by atoms with Crippen molar-refractivity contribution in [3.8, 4) is 23.0 Å². The third-order valence-electron chi connectivity index (χ3n) is 21.7. The van der Waals surface area contributed by atoms with Crippen LogP contribution in [0.1, 0.15) is 137 Å². The lowest BCUT2D eigenvalue weighted by Gasteiger charge is -2.33. The summed E-state index contributed by atoms with van der Waals surface area (Å²) >= 11 is 2.17. The number of hydrogen-bond acceptors (Lipinski definition) is 24. The van der Waals surface area contributed by atoms with Crippen LogP contribution in [0.15, 0.2) is 72.8 Å². The third-order valence-corrected chi connectivity index (χ3v) is 24.3. The summed E-state index contributed by atoms with van der Waals surface area (Å²) in [5.74, 6) is -12.0. The minimum atomic E-state index is -2.04. The molecule has 11 aliphatic rings. The predicted molar refractivity (Wildman–Crippen MR) is 416 cm³/mol. The average molecular weight is 1630 g/mol. The van der Waals surface area contributed by atoms with Gasteiger partial charge in [0, 0.05) is 118 Å². The monoisotopic (exact) mass is 1620 g/mol. The first kappa shape index (κ1) is 83.1. The van der Waals surface area contributed by atoms with Crippen LogP contribution < -0.4 is 60.6 Å². The van der Waals surface area contributed by atoms with E-state index in [9.17, 15) is 76.7 Å². The van der Waals surface area contributed by atoms with Gasteiger partial charge in [-0.2, -0.15) is 0 Å². The molecule has 12 bridgehead atoms. The van der Waals surface area contributed by atoms with E-state index in [1.165, 1.54) is 88.1 Å². The van der Waals surface area contributed by atoms with Crippen LogP contribution in [0.5, 0.6) is 23.0 Å². The molecule has 115 heavy (non-hydrogen) atoms. The first-order chi connectivity index (χ1) is 55.1. The van der Waals surface area contributed by atoms with Crippen LogP contribution >= 0.6 is 23.5 Å². The number of nitrogens with one attached hydrogen (secondary N) is 6. The summed E-state index contributed by atoms with van der Waals surface area (Å²) < 4.78 is 36.2. The normalized spacial score (nSPS) is 26.7. The average Bonchev–Trinajstić information content (AvgIpc) is 1.62. The second-order valence-electron chi connectivity index (χ2n) is 29.6. The SMILES string of the molecule is COc1cc2c3cc1OCCCOc1cc4c(cc1OC)C(=O)N1CCCC1C(C)N4C(=O)OCc1ccc(cc1)NC(=O)C(C)NC(=O)C(C)CC(=O)C1NC(=O)CCN4C(=O)CC(SCSC5CC(=O)N(CCC(=O)NC1C(=O)CC(C)C(=O)NC(C)C(=O)Nc1ccc(cc1)COC(=O)N3CC1CCCN1C2=O)C5=O)C4=O. The second-order valence-corrected chi connectivity index (χ2v) is 32.3. The fraction of sp³-hybridized carbons (Fsp3) is 0.494. The highest BCUT2D eigenvalue weighted by molar-refractivity contribution is 8.17. The van der Waals surface area contributed by atoms with Crippen molar-refractivity contribution >= 4 is 141 Å². The lowest BCUT2D eigenvalue weighted by Crippen LogP contribution is -2.60. The molecule has 0 aromatic heterocycles. The zero-order chi connectivity index (χ0) is 82.2. The van der Waals surface area contributed by atoms with Crippen LogP contribution in [0.3, 0.4) is 0 Å². The van der Waals surface area contributed by atoms with Crippen molar-refractivity contribution < 1.29 is 105 Å². The molecule has 11 unspecified atom stereocenters. The molecule has 5 fully saturated rings. The predicted octanol–water partition coefficient (Wildman–Crippen LogP) is 5.00. The van der Waals surface area contributed by atoms with Gasteiger partial charge in [0.05, 0.1) is 78.6 Å². The first-order valence-corrected chi connectivity index (χ1v) is 40.4. The quantitative estimate of drug-likeness (QED) is 0.144. The van der Waals surface area contributed by atoms with E-state index in [0.717, 1.165) is 33.3 Å². The maximum Gasteiger partial charge on any atom is 0.414 e. The van der Waals surface area contributed by atoms with Gasteiger partial charge in [-0.05, 0) is 94.0 Å². The zero-order valence-electron chi connectivity index (χ0n) is 64.6. The molecule has 4 aromatic carbocycles. The van der Waals surface area contributed by atoms with Crippen molar-refractivity contribution in [2.24, 2.45) is 11.8 Å². The van der Waals surface area contributed by atoms with Gasteiger partial charge in [0.2, 0.25) is 59.1 Å². The van der Waals surface area contributed by atoms with Crippen molar-refractivity contribution in [3.63, 3.8) is 0 Å². The lowest BCUT2D eigenvalue weighted by atomic mass is 9.89. The fourth-order valence-corrected chi connectivity index (χ4v) is 17.9. The van der Waals surface area contributed by atoms with Crippen molar-refractivity contribution in [1.82, 2.24) is 40.9 Å². The standard InChI is InChI=1S/C79H92N12O22S2/c1-41-29-56(92)68-69(85-65(95)22-26-89-67(97)36-63(77(89)105)115-40-114-62-35-66(96)88(76(62)104)25-21-64(94)84-68)57(93)30-42(2)71(99)81-44(4)73(101)83-49-19-15-47(16-20-49)39-113-79(107)91-45(5)53-12-9-24-87(53)75(103)52-32-59(109-7)61(34-55(52)91)111-28-10-27-110-60-33-54-51(31-58(60)108-6)74(102)86-23-8-11-50(86)37-90(54)78(106)112-38-46-13-17-48(18-14-46)82-72(100)43(3)80-70(41)98/h13-20,31-34,41-45,50,53,62-63,68-69H,8-12,21-30,35-40H2,1-7H3,(H,80,98)(H,81,99)(H,82,100)(H,83,101)(H,84,94)(H,85,95). The van der Waals surface area contributed by atoms with Crippen LogP contribution in [-0.4, -0.2) is 232 Å². The Hall–Kier alpha value is -11.3. The summed E-state index contributed by atoms with van der Waals surface area (Å²) in [7, 11) is 2.85. The van der Waals surface area contributed by atoms with E-state index in [2.05, 4.69) is 31.9 Å². The number of carbonyl (C=O) groups excluding carboxylic acids is 16. The lowest BCUT2D eigenvalue weighted by molar-refractivity contribution is -0.141. The number of amides is 14. The van der Waals surface area contributed by atoms with Crippen LogP contribution in [-0.2, 0) is 80.2 Å². The van der Waals surface area contributed by atoms with E-state index in [0.29, 0.717) is 49.9 Å². The molecule has 15 rings (SSSR count). The number of nitrogens with zero attached hydrogens (tertiary/aromatic N) is 6. The molecule has 0 radical (unpaired) electrons. The molecule has 11 heterocycles. The van der Waals surface area contributed by atoms with Crippen molar-refractivity contribution in [2.45, 2.75) is 171 Å². The number of Topliss-reactive ketones (excluding diaryl/α,β-unsaturated/α-hetero) is 2. The van der Waals surface area contributed by atoms with Crippen molar-refractivity contribution in [2.75, 3.05) is 85.7 Å². The molecule has 14 amide bonds. The Morgan fingerprint density at radius 2 is 0.913 bits per heavy atom. The molecule has 36 heteroatoms. The summed E-state index contributed by atoms with van der Waals surface area (Å²) in [6, 6.07) is 10.8. The van der Waals surface area contributed by atoms with Crippen LogP contribution in [0.4, 0.5) is 32.3 Å². The molecule has 11 aliphatic heterocycles. The van der Waals surface area contributed by atoms with Crippen molar-refractivity contribution in [1.29, 1.82) is 0 Å². The fourth-order valence-electron chi connectivity index (χ4n) is 15.2. The van der Waals surface area contributed by atoms with Gasteiger partial charge in [-0.3, -0.25) is 86.7 Å². The second kappa shape index (κ2) is 36.5. The summed E-state index contributed by atoms with van der Waals surface area (Å²) in [5.41, 5.74) is 2.30. The van der Waals surface area contributed by atoms with E-state index in [1.807, 2.05) is 6.92 Å². The molecule has 4 aromatic rings. The number of rotatable bonds is 2. The van der Waals surface area contributed by atoms with E-state index in [1.54, 1.807) is 46.2 Å². The van der Waals surface area contributed by atoms with Gasteiger partial charge in [-0.25, -0.2) is 9.59 Å². The zero-order valence-corrected chi connectivity index (χ0v) is 66.2. The Morgan fingerprint density at radius 3 is 1.41 bits per heavy atom. The smallest absolute Gasteiger partial charge is 0.414 e. The Morgan fingerprint density at radius 1 is 0.461 bits per heavy atom. The maximum absolute atomic E-state index is 14.9. The van der Waals surface area contributed by atoms with E-state index in [-0.39, 0.29) is 138 Å². The van der Waals surface area contributed by atoms with Gasteiger partial charge in [0.1, 0.15) is 37.4 Å². The highest BCUT2D eigenvalue weighted by Crippen LogP contribution is 2.44. The highest BCUT2D eigenvalue weighted by atomic mass is 32.2. The Bertz CT molecular complexity index is 4550. The minimum absolute atomic E-state index is 0.0332. The summed E-state index contributed by atoms with van der Waals surface area (Å²) in [5, 5.41) is 13.9. The number of ketones is 2.